The van der Waals surface area contributed by atoms with Crippen LogP contribution in [-0.4, -0.2) is 52.0 Å². The maximum atomic E-state index is 12.5. The molecule has 0 unspecified atom stereocenters. The molecule has 9 heteroatoms. The summed E-state index contributed by atoms with van der Waals surface area (Å²) in [6.45, 7) is -0.805. The van der Waals surface area contributed by atoms with Crippen molar-refractivity contribution in [2.45, 2.75) is 25.1 Å². The van der Waals surface area contributed by atoms with Crippen molar-refractivity contribution in [2.24, 2.45) is 0 Å². The van der Waals surface area contributed by atoms with Crippen LogP contribution in [0.15, 0.2) is 54.6 Å². The zero-order chi connectivity index (χ0) is 21.2. The van der Waals surface area contributed by atoms with Gasteiger partial charge in [0.05, 0.1) is 6.61 Å². The van der Waals surface area contributed by atoms with Crippen LogP contribution in [0, 0.1) is 0 Å². The standard InChI is InChI=1S/C20H22N2O7/c23-11-17(19(26)27)21-18(25)16(10-13-6-8-15(24)9-7-13)22-20(28)29-12-14-4-2-1-3-5-14/h1-9,16-17,23-24H,10-12H2,(H,21,25)(H,22,28)(H,26,27)/t16-,17-/m0/s1. The van der Waals surface area contributed by atoms with E-state index in [2.05, 4.69) is 10.6 Å². The highest BCUT2D eigenvalue weighted by atomic mass is 16.5. The number of hydrogen-bond donors (Lipinski definition) is 5. The third-order valence-corrected chi connectivity index (χ3v) is 3.99. The van der Waals surface area contributed by atoms with E-state index in [9.17, 15) is 19.5 Å². The highest BCUT2D eigenvalue weighted by molar-refractivity contribution is 5.89. The Kier molecular flexibility index (Phi) is 7.99. The Morgan fingerprint density at radius 1 is 0.897 bits per heavy atom. The first-order chi connectivity index (χ1) is 13.9. The topological polar surface area (TPSA) is 145 Å². The summed E-state index contributed by atoms with van der Waals surface area (Å²) in [5, 5.41) is 32.1. The van der Waals surface area contributed by atoms with Crippen molar-refractivity contribution < 1.29 is 34.4 Å². The summed E-state index contributed by atoms with van der Waals surface area (Å²) < 4.78 is 5.11. The number of aliphatic hydroxyl groups is 1. The maximum Gasteiger partial charge on any atom is 0.408 e. The molecule has 0 saturated heterocycles. The maximum absolute atomic E-state index is 12.5. The van der Waals surface area contributed by atoms with Gasteiger partial charge in [-0.15, -0.1) is 0 Å². The first kappa shape index (κ1) is 21.7. The first-order valence-electron chi connectivity index (χ1n) is 8.78. The monoisotopic (exact) mass is 402 g/mol. The van der Waals surface area contributed by atoms with Gasteiger partial charge in [0.2, 0.25) is 5.91 Å². The number of rotatable bonds is 9. The van der Waals surface area contributed by atoms with Gasteiger partial charge in [-0.25, -0.2) is 9.59 Å². The summed E-state index contributed by atoms with van der Waals surface area (Å²) in [6, 6.07) is 12.2. The van der Waals surface area contributed by atoms with Gasteiger partial charge in [-0.2, -0.15) is 0 Å². The van der Waals surface area contributed by atoms with E-state index in [4.69, 9.17) is 14.9 Å². The molecular weight excluding hydrogens is 380 g/mol. The van der Waals surface area contributed by atoms with Crippen molar-refractivity contribution >= 4 is 18.0 Å². The van der Waals surface area contributed by atoms with Crippen LogP contribution in [-0.2, 0) is 27.4 Å². The molecule has 0 heterocycles. The Labute approximate surface area is 166 Å². The molecule has 2 rings (SSSR count). The van der Waals surface area contributed by atoms with Gasteiger partial charge in [0.25, 0.3) is 0 Å². The number of ether oxygens (including phenoxy) is 1. The number of phenols is 1. The van der Waals surface area contributed by atoms with Crippen molar-refractivity contribution in [3.63, 3.8) is 0 Å². The number of aromatic hydroxyl groups is 1. The summed E-state index contributed by atoms with van der Waals surface area (Å²) in [5.41, 5.74) is 1.37. The molecule has 0 fully saturated rings. The zero-order valence-electron chi connectivity index (χ0n) is 15.4. The smallest absolute Gasteiger partial charge is 0.408 e. The number of benzene rings is 2. The Morgan fingerprint density at radius 3 is 2.14 bits per heavy atom. The third kappa shape index (κ3) is 7.15. The van der Waals surface area contributed by atoms with E-state index >= 15 is 0 Å². The summed E-state index contributed by atoms with van der Waals surface area (Å²) in [7, 11) is 0. The van der Waals surface area contributed by atoms with Crippen molar-refractivity contribution in [3.05, 3.63) is 65.7 Å². The summed E-state index contributed by atoms with van der Waals surface area (Å²) in [6.07, 6.45) is -0.840. The molecule has 0 radical (unpaired) electrons. The minimum absolute atomic E-state index is 0.00534. The molecule has 2 amide bonds. The van der Waals surface area contributed by atoms with E-state index in [1.165, 1.54) is 12.1 Å². The van der Waals surface area contributed by atoms with E-state index < -0.39 is 36.7 Å². The molecule has 154 valence electrons. The van der Waals surface area contributed by atoms with E-state index in [0.29, 0.717) is 5.56 Å². The number of alkyl carbamates (subject to hydrolysis) is 1. The number of carbonyl (C=O) groups is 3. The van der Waals surface area contributed by atoms with Crippen LogP contribution >= 0.6 is 0 Å². The molecule has 5 N–H and O–H groups in total. The Balaban J connectivity index is 2.05. The number of phenolic OH excluding ortho intramolecular Hbond substituents is 1. The number of carboxylic acid groups (broad SMARTS) is 1. The van der Waals surface area contributed by atoms with E-state index in [-0.39, 0.29) is 18.8 Å². The van der Waals surface area contributed by atoms with Gasteiger partial charge in [-0.05, 0) is 23.3 Å². The molecule has 0 spiro atoms. The molecule has 9 nitrogen and oxygen atoms in total. The fourth-order valence-electron chi connectivity index (χ4n) is 2.44. The molecule has 2 atom stereocenters. The lowest BCUT2D eigenvalue weighted by molar-refractivity contribution is -0.143. The second-order valence-corrected chi connectivity index (χ2v) is 6.21. The van der Waals surface area contributed by atoms with Gasteiger partial charge in [0, 0.05) is 6.42 Å². The van der Waals surface area contributed by atoms with E-state index in [1.54, 1.807) is 36.4 Å². The van der Waals surface area contributed by atoms with Crippen LogP contribution in [0.4, 0.5) is 4.79 Å². The summed E-state index contributed by atoms with van der Waals surface area (Å²) in [4.78, 5) is 35.7. The Hall–Kier alpha value is -3.59. The number of carbonyl (C=O) groups excluding carboxylic acids is 2. The predicted molar refractivity (Wildman–Crippen MR) is 102 cm³/mol. The van der Waals surface area contributed by atoms with Gasteiger partial charge < -0.3 is 30.7 Å². The summed E-state index contributed by atoms with van der Waals surface area (Å²) in [5.74, 6) is -2.16. The second kappa shape index (κ2) is 10.7. The van der Waals surface area contributed by atoms with Gasteiger partial charge in [-0.1, -0.05) is 42.5 Å². The number of carboxylic acids is 1. The van der Waals surface area contributed by atoms with Gasteiger partial charge in [-0.3, -0.25) is 4.79 Å². The molecule has 0 bridgehead atoms. The zero-order valence-corrected chi connectivity index (χ0v) is 15.4. The molecule has 0 aromatic heterocycles. The normalized spacial score (nSPS) is 12.4. The molecule has 2 aromatic carbocycles. The van der Waals surface area contributed by atoms with Crippen molar-refractivity contribution in [3.8, 4) is 5.75 Å². The lowest BCUT2D eigenvalue weighted by Gasteiger charge is -2.20. The van der Waals surface area contributed by atoms with E-state index in [1.807, 2.05) is 6.07 Å². The highest BCUT2D eigenvalue weighted by Gasteiger charge is 2.27. The fourth-order valence-corrected chi connectivity index (χ4v) is 2.44. The number of hydrogen-bond acceptors (Lipinski definition) is 6. The predicted octanol–water partition coefficient (Wildman–Crippen LogP) is 0.791. The minimum Gasteiger partial charge on any atom is -0.508 e. The van der Waals surface area contributed by atoms with Crippen LogP contribution < -0.4 is 10.6 Å². The number of aliphatic hydroxyl groups excluding tert-OH is 1. The molecular formula is C20H22N2O7. The van der Waals surface area contributed by atoms with Crippen molar-refractivity contribution in [2.75, 3.05) is 6.61 Å². The summed E-state index contributed by atoms with van der Waals surface area (Å²) >= 11 is 0. The molecule has 0 aliphatic rings. The largest absolute Gasteiger partial charge is 0.508 e. The lowest BCUT2D eigenvalue weighted by Crippen LogP contribution is -2.53. The molecule has 29 heavy (non-hydrogen) atoms. The number of amides is 2. The highest BCUT2D eigenvalue weighted by Crippen LogP contribution is 2.12. The SMILES string of the molecule is O=C(N[C@@H](Cc1ccc(O)cc1)C(=O)N[C@@H](CO)C(=O)O)OCc1ccccc1. The van der Waals surface area contributed by atoms with Crippen LogP contribution in [0.25, 0.3) is 0 Å². The molecule has 0 aliphatic heterocycles. The molecule has 0 saturated carbocycles. The minimum atomic E-state index is -1.51. The number of nitrogens with one attached hydrogen (secondary N) is 2. The Bertz CT molecular complexity index is 824. The van der Waals surface area contributed by atoms with E-state index in [0.717, 1.165) is 5.56 Å². The molecule has 2 aromatic rings. The van der Waals surface area contributed by atoms with Crippen LogP contribution in [0.2, 0.25) is 0 Å². The molecule has 0 aliphatic carbocycles. The van der Waals surface area contributed by atoms with Crippen LogP contribution in [0.1, 0.15) is 11.1 Å². The third-order valence-electron chi connectivity index (χ3n) is 3.99. The van der Waals surface area contributed by atoms with Gasteiger partial charge in [0.1, 0.15) is 24.4 Å². The average molecular weight is 402 g/mol. The van der Waals surface area contributed by atoms with Crippen molar-refractivity contribution in [1.82, 2.24) is 10.6 Å². The lowest BCUT2D eigenvalue weighted by atomic mass is 10.0. The first-order valence-corrected chi connectivity index (χ1v) is 8.78. The Morgan fingerprint density at radius 2 is 1.55 bits per heavy atom. The van der Waals surface area contributed by atoms with Gasteiger partial charge >= 0.3 is 12.1 Å². The van der Waals surface area contributed by atoms with Gasteiger partial charge in [0.15, 0.2) is 0 Å². The number of aliphatic carboxylic acids is 1. The van der Waals surface area contributed by atoms with Crippen molar-refractivity contribution in [1.29, 1.82) is 0 Å². The fraction of sp³-hybridized carbons (Fsp3) is 0.250. The average Bonchev–Trinajstić information content (AvgIpc) is 2.72. The quantitative estimate of drug-likeness (QED) is 0.417. The van der Waals surface area contributed by atoms with Crippen LogP contribution in [0.3, 0.4) is 0 Å². The van der Waals surface area contributed by atoms with Crippen LogP contribution in [0.5, 0.6) is 5.75 Å². The second-order valence-electron chi connectivity index (χ2n) is 6.21.